The molecule has 0 aliphatic carbocycles. The van der Waals surface area contributed by atoms with Crippen LogP contribution < -0.4 is 10.6 Å². The summed E-state index contributed by atoms with van der Waals surface area (Å²) in [7, 11) is 0. The fourth-order valence-corrected chi connectivity index (χ4v) is 5.08. The van der Waals surface area contributed by atoms with E-state index in [1.54, 1.807) is 0 Å². The number of hydrogen-bond acceptors (Lipinski definition) is 5. The Kier molecular flexibility index (Phi) is 6.58. The third kappa shape index (κ3) is 5.02. The standard InChI is InChI=1S/C29H14ClF5N6O2/c30-21-2-1-16(31)8-19(21)26-25-20(28(43)40-26)5-13(23-12-41-18(9-36)10-38-24(41)11-37-23)6-22(25)39-27(42)14-3-15(29(33,34)35)7-17(32)4-14/h1-8,10-12,26H,(H,39,42)(H,40,43)/t26-/m0/s1. The number of carbonyl (C=O) groups excluding carboxylic acids is 2. The number of halogens is 6. The van der Waals surface area contributed by atoms with Crippen molar-refractivity contribution in [3.05, 3.63) is 117 Å². The average Bonchev–Trinajstić information content (AvgIpc) is 3.53. The highest BCUT2D eigenvalue weighted by molar-refractivity contribution is 6.31. The van der Waals surface area contributed by atoms with Crippen LogP contribution in [0.1, 0.15) is 49.1 Å². The van der Waals surface area contributed by atoms with Gasteiger partial charge in [-0.1, -0.05) is 11.6 Å². The first-order valence-corrected chi connectivity index (χ1v) is 12.7. The SMILES string of the molecule is N#Cc1cnc2cnc(-c3cc(NC(=O)c4cc(F)cc(C(F)(F)F)c4)c4c(c3)C(=O)N[C@H]4c3cc(F)ccc3Cl)cn12. The Morgan fingerprint density at radius 2 is 1.84 bits per heavy atom. The van der Waals surface area contributed by atoms with Crippen LogP contribution in [0.2, 0.25) is 5.02 Å². The van der Waals surface area contributed by atoms with Gasteiger partial charge < -0.3 is 10.6 Å². The second-order valence-corrected chi connectivity index (χ2v) is 9.90. The minimum atomic E-state index is -4.92. The highest BCUT2D eigenvalue weighted by Gasteiger charge is 2.36. The molecule has 2 aromatic heterocycles. The lowest BCUT2D eigenvalue weighted by Crippen LogP contribution is -2.21. The van der Waals surface area contributed by atoms with Gasteiger partial charge in [-0.2, -0.15) is 18.4 Å². The number of alkyl halides is 3. The van der Waals surface area contributed by atoms with Gasteiger partial charge in [0, 0.05) is 44.7 Å². The first-order valence-electron chi connectivity index (χ1n) is 12.3. The number of nitriles is 1. The molecule has 0 fully saturated rings. The molecule has 43 heavy (non-hydrogen) atoms. The largest absolute Gasteiger partial charge is 0.416 e. The van der Waals surface area contributed by atoms with Gasteiger partial charge in [0.2, 0.25) is 0 Å². The molecule has 8 nitrogen and oxygen atoms in total. The van der Waals surface area contributed by atoms with Crippen LogP contribution >= 0.6 is 11.6 Å². The van der Waals surface area contributed by atoms with Crippen molar-refractivity contribution in [3.8, 4) is 17.3 Å². The number of imidazole rings is 1. The van der Waals surface area contributed by atoms with Gasteiger partial charge in [0.05, 0.1) is 29.7 Å². The topological polar surface area (TPSA) is 112 Å². The van der Waals surface area contributed by atoms with Crippen LogP contribution in [0.15, 0.2) is 67.1 Å². The lowest BCUT2D eigenvalue weighted by Gasteiger charge is -2.19. The van der Waals surface area contributed by atoms with Crippen molar-refractivity contribution in [3.63, 3.8) is 0 Å². The summed E-state index contributed by atoms with van der Waals surface area (Å²) >= 11 is 6.32. The minimum Gasteiger partial charge on any atom is -0.341 e. The number of carbonyl (C=O) groups is 2. The molecule has 0 spiro atoms. The Balaban J connectivity index is 1.52. The van der Waals surface area contributed by atoms with Gasteiger partial charge in [-0.3, -0.25) is 19.0 Å². The molecule has 1 atom stereocenters. The van der Waals surface area contributed by atoms with E-state index >= 15 is 0 Å². The summed E-state index contributed by atoms with van der Waals surface area (Å²) in [5.41, 5.74) is -0.686. The van der Waals surface area contributed by atoms with Crippen LogP contribution in [-0.4, -0.2) is 26.2 Å². The third-order valence-electron chi connectivity index (χ3n) is 6.80. The van der Waals surface area contributed by atoms with Crippen LogP contribution in [0.5, 0.6) is 0 Å². The molecule has 2 N–H and O–H groups in total. The molecule has 5 aromatic rings. The fourth-order valence-electron chi connectivity index (χ4n) is 4.85. The Labute approximate surface area is 243 Å². The molecule has 0 radical (unpaired) electrons. The third-order valence-corrected chi connectivity index (χ3v) is 7.14. The summed E-state index contributed by atoms with van der Waals surface area (Å²) in [6.45, 7) is 0. The summed E-state index contributed by atoms with van der Waals surface area (Å²) in [4.78, 5) is 34.9. The summed E-state index contributed by atoms with van der Waals surface area (Å²) in [5.74, 6) is -3.68. The maximum Gasteiger partial charge on any atom is 0.416 e. The molecule has 2 amide bonds. The van der Waals surface area contributed by atoms with Crippen LogP contribution in [0.3, 0.4) is 0 Å². The Morgan fingerprint density at radius 3 is 2.58 bits per heavy atom. The predicted octanol–water partition coefficient (Wildman–Crippen LogP) is 6.30. The quantitative estimate of drug-likeness (QED) is 0.233. The fraction of sp³-hybridized carbons (Fsp3) is 0.0690. The molecule has 3 heterocycles. The van der Waals surface area contributed by atoms with Crippen LogP contribution in [-0.2, 0) is 6.18 Å². The lowest BCUT2D eigenvalue weighted by atomic mass is 9.93. The number of aromatic nitrogens is 3. The van der Waals surface area contributed by atoms with E-state index in [2.05, 4.69) is 20.6 Å². The van der Waals surface area contributed by atoms with E-state index in [0.29, 0.717) is 17.8 Å². The van der Waals surface area contributed by atoms with Gasteiger partial charge in [-0.25, -0.2) is 13.8 Å². The van der Waals surface area contributed by atoms with E-state index in [0.717, 1.165) is 12.1 Å². The molecule has 214 valence electrons. The number of amides is 2. The van der Waals surface area contributed by atoms with E-state index in [9.17, 15) is 36.8 Å². The number of nitrogens with zero attached hydrogens (tertiary/aromatic N) is 4. The zero-order chi connectivity index (χ0) is 30.6. The number of nitrogens with one attached hydrogen (secondary N) is 2. The van der Waals surface area contributed by atoms with E-state index in [1.807, 2.05) is 6.07 Å². The predicted molar refractivity (Wildman–Crippen MR) is 143 cm³/mol. The molecule has 0 saturated carbocycles. The van der Waals surface area contributed by atoms with Crippen molar-refractivity contribution in [2.45, 2.75) is 12.2 Å². The van der Waals surface area contributed by atoms with Gasteiger partial charge in [-0.05, 0) is 48.5 Å². The lowest BCUT2D eigenvalue weighted by molar-refractivity contribution is -0.137. The number of hydrogen-bond donors (Lipinski definition) is 2. The molecule has 0 saturated heterocycles. The monoisotopic (exact) mass is 608 g/mol. The maximum atomic E-state index is 14.2. The summed E-state index contributed by atoms with van der Waals surface area (Å²) < 4.78 is 69.8. The van der Waals surface area contributed by atoms with Crippen molar-refractivity contribution in [2.75, 3.05) is 5.32 Å². The van der Waals surface area contributed by atoms with Crippen molar-refractivity contribution in [1.29, 1.82) is 5.26 Å². The average molecular weight is 609 g/mol. The molecule has 0 unspecified atom stereocenters. The van der Waals surface area contributed by atoms with Crippen LogP contribution in [0, 0.1) is 23.0 Å². The second-order valence-electron chi connectivity index (χ2n) is 9.49. The number of anilines is 1. The van der Waals surface area contributed by atoms with E-state index in [4.69, 9.17) is 11.6 Å². The molecule has 1 aliphatic heterocycles. The highest BCUT2D eigenvalue weighted by atomic mass is 35.5. The van der Waals surface area contributed by atoms with Gasteiger partial charge in [0.15, 0.2) is 5.65 Å². The van der Waals surface area contributed by atoms with Gasteiger partial charge in [0.25, 0.3) is 11.8 Å². The molecule has 1 aliphatic rings. The number of benzene rings is 3. The molecule has 6 rings (SSSR count). The number of fused-ring (bicyclic) bond motifs is 2. The normalized spacial score (nSPS) is 14.3. The molecular formula is C29H14ClF5N6O2. The van der Waals surface area contributed by atoms with Crippen molar-refractivity contribution < 1.29 is 31.5 Å². The molecule has 0 bridgehead atoms. The Bertz CT molecular complexity index is 2030. The Hall–Kier alpha value is -5.35. The van der Waals surface area contributed by atoms with E-state index < -0.39 is 46.8 Å². The highest BCUT2D eigenvalue weighted by Crippen LogP contribution is 2.42. The smallest absolute Gasteiger partial charge is 0.341 e. The molecule has 3 aromatic carbocycles. The molecule has 14 heteroatoms. The Morgan fingerprint density at radius 1 is 1.05 bits per heavy atom. The van der Waals surface area contributed by atoms with Crippen LogP contribution in [0.25, 0.3) is 16.9 Å². The van der Waals surface area contributed by atoms with Gasteiger partial charge in [0.1, 0.15) is 23.4 Å². The zero-order valence-electron chi connectivity index (χ0n) is 21.3. The first-order chi connectivity index (χ1) is 20.4. The summed E-state index contributed by atoms with van der Waals surface area (Å²) in [6, 6.07) is 8.65. The van der Waals surface area contributed by atoms with E-state index in [1.165, 1.54) is 41.2 Å². The number of rotatable bonds is 4. The van der Waals surface area contributed by atoms with Crippen molar-refractivity contribution in [1.82, 2.24) is 19.7 Å². The van der Waals surface area contributed by atoms with Crippen LogP contribution in [0.4, 0.5) is 27.6 Å². The van der Waals surface area contributed by atoms with Gasteiger partial charge >= 0.3 is 6.18 Å². The summed E-state index contributed by atoms with van der Waals surface area (Å²) in [6.07, 6.45) is -0.732. The maximum absolute atomic E-state index is 14.2. The van der Waals surface area contributed by atoms with Crippen molar-refractivity contribution >= 4 is 34.7 Å². The first kappa shape index (κ1) is 27.8. The van der Waals surface area contributed by atoms with Crippen molar-refractivity contribution in [2.24, 2.45) is 0 Å². The second kappa shape index (κ2) is 10.2. The zero-order valence-corrected chi connectivity index (χ0v) is 22.1. The minimum absolute atomic E-state index is 0.0291. The summed E-state index contributed by atoms with van der Waals surface area (Å²) in [5, 5.41) is 14.7. The molecular weight excluding hydrogens is 595 g/mol. The van der Waals surface area contributed by atoms with Gasteiger partial charge in [-0.15, -0.1) is 0 Å². The van der Waals surface area contributed by atoms with E-state index in [-0.39, 0.29) is 50.4 Å².